The number of thiazole rings is 1. The Morgan fingerprint density at radius 2 is 2.15 bits per heavy atom. The normalized spacial score (nSPS) is 23.6. The molecule has 1 heterocycles. The van der Waals surface area contributed by atoms with Crippen LogP contribution in [0.3, 0.4) is 0 Å². The summed E-state index contributed by atoms with van der Waals surface area (Å²) >= 11 is 6.96. The lowest BCUT2D eigenvalue weighted by molar-refractivity contribution is -0.166. The van der Waals surface area contributed by atoms with Gasteiger partial charge in [0.1, 0.15) is 16.6 Å². The summed E-state index contributed by atoms with van der Waals surface area (Å²) < 4.78 is 18.7. The average Bonchev–Trinajstić information content (AvgIpc) is 3.07. The molecule has 2 aromatic rings. The van der Waals surface area contributed by atoms with E-state index in [1.165, 1.54) is 23.5 Å². The summed E-state index contributed by atoms with van der Waals surface area (Å²) in [5.41, 5.74) is -0.262. The van der Waals surface area contributed by atoms with Gasteiger partial charge in [-0.2, -0.15) is 0 Å². The van der Waals surface area contributed by atoms with Gasteiger partial charge in [-0.25, -0.2) is 9.37 Å². The molecule has 2 bridgehead atoms. The summed E-state index contributed by atoms with van der Waals surface area (Å²) in [7, 11) is 0. The first-order valence-corrected chi connectivity index (χ1v) is 9.78. The molecule has 6 nitrogen and oxygen atoms in total. The van der Waals surface area contributed by atoms with Crippen LogP contribution in [0.2, 0.25) is 5.02 Å². The van der Waals surface area contributed by atoms with Crippen molar-refractivity contribution in [3.63, 3.8) is 0 Å². The van der Waals surface area contributed by atoms with Crippen molar-refractivity contribution in [1.82, 2.24) is 15.6 Å². The van der Waals surface area contributed by atoms with Crippen LogP contribution in [0, 0.1) is 17.2 Å². The molecule has 0 saturated heterocycles. The Bertz CT molecular complexity index is 860. The SMILES string of the molecule is O=C(COc1ccc(Cl)c(F)c1)NC(NC(=O)C12CC(C1)C2)c1nccs1. The molecule has 27 heavy (non-hydrogen) atoms. The molecule has 1 aromatic carbocycles. The number of nitrogens with one attached hydrogen (secondary N) is 2. The average molecular weight is 410 g/mol. The van der Waals surface area contributed by atoms with Gasteiger partial charge < -0.3 is 15.4 Å². The van der Waals surface area contributed by atoms with Crippen molar-refractivity contribution in [3.8, 4) is 5.75 Å². The quantitative estimate of drug-likeness (QED) is 0.689. The molecule has 1 atom stereocenters. The number of nitrogens with zero attached hydrogens (tertiary/aromatic N) is 1. The molecule has 1 aromatic heterocycles. The fourth-order valence-corrected chi connectivity index (χ4v) is 4.25. The predicted octanol–water partition coefficient (Wildman–Crippen LogP) is 3.05. The van der Waals surface area contributed by atoms with Crippen LogP contribution in [0.4, 0.5) is 4.39 Å². The molecule has 3 saturated carbocycles. The zero-order valence-electron chi connectivity index (χ0n) is 14.2. The number of carbonyl (C=O) groups is 2. The van der Waals surface area contributed by atoms with E-state index in [4.69, 9.17) is 16.3 Å². The number of amides is 2. The van der Waals surface area contributed by atoms with Crippen LogP contribution in [0.1, 0.15) is 30.4 Å². The topological polar surface area (TPSA) is 80.3 Å². The number of halogens is 2. The molecule has 2 amide bonds. The monoisotopic (exact) mass is 409 g/mol. The maximum atomic E-state index is 13.4. The second-order valence-electron chi connectivity index (χ2n) is 6.97. The van der Waals surface area contributed by atoms with Crippen molar-refractivity contribution < 1.29 is 18.7 Å². The van der Waals surface area contributed by atoms with Crippen molar-refractivity contribution in [3.05, 3.63) is 45.6 Å². The molecule has 0 spiro atoms. The Kier molecular flexibility index (Phi) is 4.77. The fraction of sp³-hybridized carbons (Fsp3) is 0.389. The first-order valence-electron chi connectivity index (χ1n) is 8.53. The smallest absolute Gasteiger partial charge is 0.259 e. The first kappa shape index (κ1) is 18.2. The van der Waals surface area contributed by atoms with E-state index in [1.54, 1.807) is 11.6 Å². The second-order valence-corrected chi connectivity index (χ2v) is 8.30. The Morgan fingerprint density at radius 3 is 2.74 bits per heavy atom. The Balaban J connectivity index is 1.36. The van der Waals surface area contributed by atoms with E-state index >= 15 is 0 Å². The van der Waals surface area contributed by atoms with E-state index in [9.17, 15) is 14.0 Å². The van der Waals surface area contributed by atoms with Gasteiger partial charge >= 0.3 is 0 Å². The predicted molar refractivity (Wildman–Crippen MR) is 97.8 cm³/mol. The van der Waals surface area contributed by atoms with Crippen molar-refractivity contribution in [2.45, 2.75) is 25.4 Å². The molecule has 1 unspecified atom stereocenters. The number of ether oxygens (including phenoxy) is 1. The van der Waals surface area contributed by atoms with Gasteiger partial charge in [0.2, 0.25) is 5.91 Å². The van der Waals surface area contributed by atoms with Gasteiger partial charge in [0.25, 0.3) is 5.91 Å². The van der Waals surface area contributed by atoms with Crippen molar-refractivity contribution >= 4 is 34.8 Å². The highest BCUT2D eigenvalue weighted by Crippen LogP contribution is 2.64. The summed E-state index contributed by atoms with van der Waals surface area (Å²) in [6.45, 7) is -0.327. The van der Waals surface area contributed by atoms with Gasteiger partial charge in [0, 0.05) is 17.6 Å². The standard InChI is InChI=1S/C18H17ClFN3O3S/c19-12-2-1-11(5-13(12)20)26-9-14(24)22-15(16-21-3-4-27-16)23-17(25)18-6-10(7-18)8-18/h1-5,10,15H,6-9H2,(H,22,24)(H,23,25). The van der Waals surface area contributed by atoms with Gasteiger partial charge in [-0.15, -0.1) is 11.3 Å². The minimum Gasteiger partial charge on any atom is -0.484 e. The minimum absolute atomic E-state index is 0.0213. The molecule has 0 aliphatic heterocycles. The summed E-state index contributed by atoms with van der Waals surface area (Å²) in [6.07, 6.45) is 3.65. The molecule has 0 radical (unpaired) electrons. The number of hydrogen-bond donors (Lipinski definition) is 2. The Labute approximate surface area is 164 Å². The molecule has 2 N–H and O–H groups in total. The zero-order valence-corrected chi connectivity index (χ0v) is 15.8. The van der Waals surface area contributed by atoms with E-state index in [0.717, 1.165) is 25.3 Å². The second kappa shape index (κ2) is 7.09. The summed E-state index contributed by atoms with van der Waals surface area (Å²) in [6, 6.07) is 3.94. The molecule has 3 fully saturated rings. The van der Waals surface area contributed by atoms with E-state index in [-0.39, 0.29) is 28.7 Å². The Hall–Kier alpha value is -2.19. The van der Waals surface area contributed by atoms with Crippen LogP contribution in [-0.2, 0) is 9.59 Å². The molecule has 142 valence electrons. The lowest BCUT2D eigenvalue weighted by atomic mass is 9.44. The number of hydrogen-bond acceptors (Lipinski definition) is 5. The summed E-state index contributed by atoms with van der Waals surface area (Å²) in [4.78, 5) is 29.0. The summed E-state index contributed by atoms with van der Waals surface area (Å²) in [5, 5.41) is 7.94. The van der Waals surface area contributed by atoms with Gasteiger partial charge in [0.05, 0.1) is 10.4 Å². The molecular formula is C18H17ClFN3O3S. The lowest BCUT2D eigenvalue weighted by Crippen LogP contribution is -2.61. The van der Waals surface area contributed by atoms with Crippen molar-refractivity contribution in [2.24, 2.45) is 11.3 Å². The maximum Gasteiger partial charge on any atom is 0.259 e. The van der Waals surface area contributed by atoms with Gasteiger partial charge in [-0.3, -0.25) is 9.59 Å². The van der Waals surface area contributed by atoms with Crippen LogP contribution < -0.4 is 15.4 Å². The number of rotatable bonds is 7. The van der Waals surface area contributed by atoms with E-state index in [0.29, 0.717) is 10.9 Å². The molecule has 9 heteroatoms. The molecule has 5 rings (SSSR count). The largest absolute Gasteiger partial charge is 0.484 e. The van der Waals surface area contributed by atoms with Crippen LogP contribution in [0.25, 0.3) is 0 Å². The third-order valence-corrected chi connectivity index (χ3v) is 6.21. The lowest BCUT2D eigenvalue weighted by Gasteiger charge is -2.60. The molecule has 3 aliphatic carbocycles. The highest BCUT2D eigenvalue weighted by atomic mass is 35.5. The first-order chi connectivity index (χ1) is 12.9. The third kappa shape index (κ3) is 3.64. The number of benzene rings is 1. The number of carbonyl (C=O) groups excluding carboxylic acids is 2. The van der Waals surface area contributed by atoms with E-state index < -0.39 is 17.9 Å². The molecule has 3 aliphatic rings. The fourth-order valence-electron chi connectivity index (χ4n) is 3.50. The van der Waals surface area contributed by atoms with Crippen LogP contribution >= 0.6 is 22.9 Å². The zero-order chi connectivity index (χ0) is 19.0. The maximum absolute atomic E-state index is 13.4. The molecular weight excluding hydrogens is 393 g/mol. The van der Waals surface area contributed by atoms with Crippen molar-refractivity contribution in [1.29, 1.82) is 0 Å². The van der Waals surface area contributed by atoms with Gasteiger partial charge in [-0.05, 0) is 37.3 Å². The van der Waals surface area contributed by atoms with Crippen LogP contribution in [0.5, 0.6) is 5.75 Å². The Morgan fingerprint density at radius 1 is 1.37 bits per heavy atom. The van der Waals surface area contributed by atoms with E-state index in [2.05, 4.69) is 15.6 Å². The van der Waals surface area contributed by atoms with Gasteiger partial charge in [0.15, 0.2) is 12.8 Å². The minimum atomic E-state index is -0.718. The van der Waals surface area contributed by atoms with Crippen LogP contribution in [0.15, 0.2) is 29.8 Å². The highest BCUT2D eigenvalue weighted by molar-refractivity contribution is 7.09. The number of aromatic nitrogens is 1. The summed E-state index contributed by atoms with van der Waals surface area (Å²) in [5.74, 6) is -0.261. The van der Waals surface area contributed by atoms with Crippen molar-refractivity contribution in [2.75, 3.05) is 6.61 Å². The third-order valence-electron chi connectivity index (χ3n) is 5.06. The van der Waals surface area contributed by atoms with E-state index in [1.807, 2.05) is 0 Å². The van der Waals surface area contributed by atoms with Crippen LogP contribution in [-0.4, -0.2) is 23.4 Å². The van der Waals surface area contributed by atoms with Gasteiger partial charge in [-0.1, -0.05) is 11.6 Å². The highest BCUT2D eigenvalue weighted by Gasteiger charge is 2.61.